The zero-order chi connectivity index (χ0) is 25.6. The van der Waals surface area contributed by atoms with Crippen LogP contribution in [0.4, 0.5) is 0 Å². The average Bonchev–Trinajstić information content (AvgIpc) is 3.58. The molecule has 0 spiro atoms. The van der Waals surface area contributed by atoms with Gasteiger partial charge in [-0.3, -0.25) is 9.88 Å². The van der Waals surface area contributed by atoms with E-state index in [0.29, 0.717) is 29.5 Å². The summed E-state index contributed by atoms with van der Waals surface area (Å²) in [5.41, 5.74) is 4.92. The van der Waals surface area contributed by atoms with Crippen molar-refractivity contribution in [1.29, 1.82) is 0 Å². The highest BCUT2D eigenvalue weighted by atomic mass is 35.5. The standard InChI is InChI=1S/C27H25ClN6O3/c1-2-13-33(14-15-36-27(35)20-9-11-29-12-10-20)17-23-25(19-3-6-22(28)7-4-19)31-24-8-5-21(16-34(23)24)26-30-18-37-32-26/h3-12,16,18H,2,13-15,17H2,1H3. The van der Waals surface area contributed by atoms with Crippen LogP contribution in [0.1, 0.15) is 29.4 Å². The molecule has 188 valence electrons. The third-order valence-corrected chi connectivity index (χ3v) is 6.18. The van der Waals surface area contributed by atoms with Gasteiger partial charge in [-0.15, -0.1) is 0 Å². The van der Waals surface area contributed by atoms with Crippen molar-refractivity contribution in [3.63, 3.8) is 0 Å². The van der Waals surface area contributed by atoms with E-state index in [1.165, 1.54) is 6.39 Å². The van der Waals surface area contributed by atoms with Crippen LogP contribution in [-0.2, 0) is 11.3 Å². The first-order chi connectivity index (χ1) is 18.1. The summed E-state index contributed by atoms with van der Waals surface area (Å²) in [4.78, 5) is 27.7. The van der Waals surface area contributed by atoms with Gasteiger partial charge in [-0.1, -0.05) is 35.8 Å². The molecule has 4 aromatic heterocycles. The quantitative estimate of drug-likeness (QED) is 0.234. The normalized spacial score (nSPS) is 11.3. The molecule has 0 saturated heterocycles. The first-order valence-electron chi connectivity index (χ1n) is 12.0. The zero-order valence-corrected chi connectivity index (χ0v) is 21.0. The largest absolute Gasteiger partial charge is 0.461 e. The van der Waals surface area contributed by atoms with Crippen LogP contribution in [0.15, 0.2) is 78.0 Å². The van der Waals surface area contributed by atoms with Crippen molar-refractivity contribution in [3.8, 4) is 22.6 Å². The van der Waals surface area contributed by atoms with Crippen LogP contribution >= 0.6 is 11.6 Å². The highest BCUT2D eigenvalue weighted by Gasteiger charge is 2.19. The number of ether oxygens (including phenoxy) is 1. The summed E-state index contributed by atoms with van der Waals surface area (Å²) in [7, 11) is 0. The van der Waals surface area contributed by atoms with Gasteiger partial charge in [0, 0.05) is 47.8 Å². The van der Waals surface area contributed by atoms with Crippen LogP contribution in [0.3, 0.4) is 0 Å². The minimum Gasteiger partial charge on any atom is -0.461 e. The van der Waals surface area contributed by atoms with Crippen molar-refractivity contribution in [2.75, 3.05) is 19.7 Å². The summed E-state index contributed by atoms with van der Waals surface area (Å²) >= 11 is 6.15. The molecule has 0 radical (unpaired) electrons. The Balaban J connectivity index is 1.44. The Labute approximate surface area is 218 Å². The van der Waals surface area contributed by atoms with E-state index in [1.54, 1.807) is 24.5 Å². The number of imidazole rings is 1. The lowest BCUT2D eigenvalue weighted by Gasteiger charge is -2.22. The number of hydrogen-bond acceptors (Lipinski definition) is 8. The fraction of sp³-hybridized carbons (Fsp3) is 0.222. The van der Waals surface area contributed by atoms with E-state index in [9.17, 15) is 4.79 Å². The molecule has 37 heavy (non-hydrogen) atoms. The van der Waals surface area contributed by atoms with Gasteiger partial charge in [-0.2, -0.15) is 4.98 Å². The molecule has 5 rings (SSSR count). The molecule has 0 unspecified atom stereocenters. The molecular weight excluding hydrogens is 492 g/mol. The monoisotopic (exact) mass is 516 g/mol. The molecule has 9 nitrogen and oxygen atoms in total. The minimum absolute atomic E-state index is 0.266. The number of esters is 1. The van der Waals surface area contributed by atoms with E-state index in [0.717, 1.165) is 41.1 Å². The number of pyridine rings is 2. The molecule has 1 aromatic carbocycles. The van der Waals surface area contributed by atoms with Crippen molar-refractivity contribution in [1.82, 2.24) is 29.4 Å². The second-order valence-corrected chi connectivity index (χ2v) is 8.90. The molecule has 10 heteroatoms. The molecule has 0 atom stereocenters. The summed E-state index contributed by atoms with van der Waals surface area (Å²) in [5, 5.41) is 4.64. The second-order valence-electron chi connectivity index (χ2n) is 8.46. The molecule has 0 aliphatic carbocycles. The first kappa shape index (κ1) is 24.6. The summed E-state index contributed by atoms with van der Waals surface area (Å²) in [6, 6.07) is 14.8. The van der Waals surface area contributed by atoms with E-state index in [4.69, 9.17) is 25.8 Å². The number of rotatable bonds is 10. The van der Waals surface area contributed by atoms with E-state index in [-0.39, 0.29) is 12.6 Å². The number of carbonyl (C=O) groups excluding carboxylic acids is 1. The number of nitrogens with zero attached hydrogens (tertiary/aromatic N) is 6. The van der Waals surface area contributed by atoms with Gasteiger partial charge in [0.25, 0.3) is 0 Å². The van der Waals surface area contributed by atoms with Crippen LogP contribution in [0, 0.1) is 0 Å². The molecule has 0 fully saturated rings. The fourth-order valence-electron chi connectivity index (χ4n) is 4.15. The zero-order valence-electron chi connectivity index (χ0n) is 20.2. The van der Waals surface area contributed by atoms with Crippen molar-refractivity contribution in [2.24, 2.45) is 0 Å². The minimum atomic E-state index is -0.361. The third kappa shape index (κ3) is 5.68. The molecule has 0 aliphatic rings. The lowest BCUT2D eigenvalue weighted by molar-refractivity contribution is 0.0457. The maximum absolute atomic E-state index is 12.4. The second kappa shape index (κ2) is 11.3. The number of fused-ring (bicyclic) bond motifs is 1. The summed E-state index contributed by atoms with van der Waals surface area (Å²) in [5.74, 6) is 0.142. The topological polar surface area (TPSA) is 98.7 Å². The van der Waals surface area contributed by atoms with Crippen LogP contribution in [0.2, 0.25) is 5.02 Å². The maximum atomic E-state index is 12.4. The van der Waals surface area contributed by atoms with Gasteiger partial charge >= 0.3 is 5.97 Å². The average molecular weight is 517 g/mol. The van der Waals surface area contributed by atoms with Crippen LogP contribution in [-0.4, -0.2) is 55.1 Å². The summed E-state index contributed by atoms with van der Waals surface area (Å²) < 4.78 is 12.5. The van der Waals surface area contributed by atoms with E-state index < -0.39 is 0 Å². The fourth-order valence-corrected chi connectivity index (χ4v) is 4.28. The Hall–Kier alpha value is -4.08. The Morgan fingerprint density at radius 3 is 2.57 bits per heavy atom. The van der Waals surface area contributed by atoms with E-state index in [2.05, 4.69) is 31.3 Å². The number of carbonyl (C=O) groups is 1. The van der Waals surface area contributed by atoms with Gasteiger partial charge in [0.2, 0.25) is 12.2 Å². The van der Waals surface area contributed by atoms with Gasteiger partial charge in [0.15, 0.2) is 0 Å². The van der Waals surface area contributed by atoms with Crippen LogP contribution in [0.5, 0.6) is 0 Å². The van der Waals surface area contributed by atoms with Crippen molar-refractivity contribution >= 4 is 23.2 Å². The predicted octanol–water partition coefficient (Wildman–Crippen LogP) is 5.17. The number of benzene rings is 1. The number of aromatic nitrogens is 5. The Kier molecular flexibility index (Phi) is 7.53. The number of hydrogen-bond donors (Lipinski definition) is 0. The molecule has 0 saturated carbocycles. The van der Waals surface area contributed by atoms with Gasteiger partial charge in [0.1, 0.15) is 12.3 Å². The van der Waals surface area contributed by atoms with Crippen molar-refractivity contribution in [3.05, 3.63) is 89.8 Å². The summed E-state index contributed by atoms with van der Waals surface area (Å²) in [6.45, 7) is 4.38. The third-order valence-electron chi connectivity index (χ3n) is 5.92. The SMILES string of the molecule is CCCN(CCOC(=O)c1ccncc1)Cc1c(-c2ccc(Cl)cc2)nc2ccc(-c3ncon3)cn12. The Morgan fingerprint density at radius 1 is 1.05 bits per heavy atom. The van der Waals surface area contributed by atoms with Crippen molar-refractivity contribution < 1.29 is 14.1 Å². The number of halogens is 1. The Morgan fingerprint density at radius 2 is 1.84 bits per heavy atom. The first-order valence-corrected chi connectivity index (χ1v) is 12.3. The molecule has 0 bridgehead atoms. The van der Waals surface area contributed by atoms with Gasteiger partial charge in [0.05, 0.1) is 17.0 Å². The smallest absolute Gasteiger partial charge is 0.338 e. The van der Waals surface area contributed by atoms with Crippen molar-refractivity contribution in [2.45, 2.75) is 19.9 Å². The van der Waals surface area contributed by atoms with Crippen LogP contribution in [0.25, 0.3) is 28.3 Å². The highest BCUT2D eigenvalue weighted by molar-refractivity contribution is 6.30. The highest BCUT2D eigenvalue weighted by Crippen LogP contribution is 2.28. The molecular formula is C27H25ClN6O3. The predicted molar refractivity (Wildman–Crippen MR) is 139 cm³/mol. The van der Waals surface area contributed by atoms with Gasteiger partial charge in [-0.05, 0) is 49.4 Å². The molecule has 0 amide bonds. The molecule has 0 aliphatic heterocycles. The molecule has 0 N–H and O–H groups in total. The lowest BCUT2D eigenvalue weighted by atomic mass is 10.1. The van der Waals surface area contributed by atoms with Crippen LogP contribution < -0.4 is 0 Å². The molecule has 4 heterocycles. The lowest BCUT2D eigenvalue weighted by Crippen LogP contribution is -2.29. The van der Waals surface area contributed by atoms with Gasteiger partial charge < -0.3 is 13.7 Å². The molecule has 5 aromatic rings. The maximum Gasteiger partial charge on any atom is 0.338 e. The van der Waals surface area contributed by atoms with Gasteiger partial charge in [-0.25, -0.2) is 9.78 Å². The summed E-state index contributed by atoms with van der Waals surface area (Å²) in [6.07, 6.45) is 7.37. The Bertz CT molecular complexity index is 1470. The van der Waals surface area contributed by atoms with E-state index >= 15 is 0 Å². The van der Waals surface area contributed by atoms with E-state index in [1.807, 2.05) is 42.6 Å².